The predicted molar refractivity (Wildman–Crippen MR) is 94.1 cm³/mol. The highest BCUT2D eigenvalue weighted by atomic mass is 16.5. The third-order valence-corrected chi connectivity index (χ3v) is 5.69. The lowest BCUT2D eigenvalue weighted by atomic mass is 9.79. The number of likely N-dealkylation sites (tertiary alicyclic amines) is 2. The minimum atomic E-state index is -0.0989. The topological polar surface area (TPSA) is 56.2 Å². The van der Waals surface area contributed by atoms with Gasteiger partial charge in [-0.25, -0.2) is 0 Å². The van der Waals surface area contributed by atoms with Crippen molar-refractivity contribution < 1.29 is 14.9 Å². The van der Waals surface area contributed by atoms with Crippen molar-refractivity contribution in [2.45, 2.75) is 31.8 Å². The zero-order chi connectivity index (χ0) is 17.0. The molecule has 2 fully saturated rings. The molecule has 3 rings (SSSR count). The first-order chi connectivity index (χ1) is 11.7. The second-order valence-electron chi connectivity index (χ2n) is 7.41. The Morgan fingerprint density at radius 2 is 2.00 bits per heavy atom. The number of rotatable bonds is 6. The molecule has 24 heavy (non-hydrogen) atoms. The second kappa shape index (κ2) is 7.83. The van der Waals surface area contributed by atoms with Gasteiger partial charge in [0, 0.05) is 19.6 Å². The van der Waals surface area contributed by atoms with E-state index in [1.165, 1.54) is 18.4 Å². The Morgan fingerprint density at radius 1 is 1.17 bits per heavy atom. The third-order valence-electron chi connectivity index (χ3n) is 5.69. The summed E-state index contributed by atoms with van der Waals surface area (Å²) >= 11 is 0. The third kappa shape index (κ3) is 3.91. The quantitative estimate of drug-likeness (QED) is 0.822. The summed E-state index contributed by atoms with van der Waals surface area (Å²) in [5, 5.41) is 18.9. The molecule has 5 heteroatoms. The molecule has 0 bridgehead atoms. The normalized spacial score (nSPS) is 25.7. The van der Waals surface area contributed by atoms with Crippen molar-refractivity contribution in [3.05, 3.63) is 29.8 Å². The number of benzene rings is 1. The Kier molecular flexibility index (Phi) is 5.76. The Labute approximate surface area is 144 Å². The van der Waals surface area contributed by atoms with Crippen molar-refractivity contribution in [3.63, 3.8) is 0 Å². The lowest BCUT2D eigenvalue weighted by Crippen LogP contribution is -2.46. The summed E-state index contributed by atoms with van der Waals surface area (Å²) < 4.78 is 5.33. The van der Waals surface area contributed by atoms with Crippen LogP contribution < -0.4 is 4.74 Å². The molecule has 0 saturated carbocycles. The van der Waals surface area contributed by atoms with Crippen molar-refractivity contribution in [1.82, 2.24) is 9.80 Å². The first-order valence-corrected chi connectivity index (χ1v) is 8.99. The van der Waals surface area contributed by atoms with Crippen LogP contribution >= 0.6 is 0 Å². The summed E-state index contributed by atoms with van der Waals surface area (Å²) in [6.07, 6.45) is 3.64. The zero-order valence-electron chi connectivity index (χ0n) is 14.7. The Morgan fingerprint density at radius 3 is 2.75 bits per heavy atom. The van der Waals surface area contributed by atoms with Crippen LogP contribution in [-0.4, -0.2) is 72.6 Å². The Bertz CT molecular complexity index is 535. The zero-order valence-corrected chi connectivity index (χ0v) is 14.7. The van der Waals surface area contributed by atoms with E-state index in [0.717, 1.165) is 44.9 Å². The monoisotopic (exact) mass is 334 g/mol. The summed E-state index contributed by atoms with van der Waals surface area (Å²) in [4.78, 5) is 4.82. The van der Waals surface area contributed by atoms with Crippen LogP contribution in [-0.2, 0) is 6.54 Å². The summed E-state index contributed by atoms with van der Waals surface area (Å²) in [5.74, 6) is 0.917. The molecule has 2 heterocycles. The number of nitrogens with zero attached hydrogens (tertiary/aromatic N) is 2. The molecule has 0 aromatic heterocycles. The molecule has 2 aliphatic heterocycles. The lowest BCUT2D eigenvalue weighted by Gasteiger charge is -2.41. The number of aliphatic hydroxyl groups excluding tert-OH is 2. The minimum absolute atomic E-state index is 0.0418. The van der Waals surface area contributed by atoms with Gasteiger partial charge in [-0.1, -0.05) is 12.1 Å². The van der Waals surface area contributed by atoms with Crippen molar-refractivity contribution >= 4 is 0 Å². The largest absolute Gasteiger partial charge is 0.497 e. The van der Waals surface area contributed by atoms with Crippen LogP contribution in [0.3, 0.4) is 0 Å². The molecular weight excluding hydrogens is 304 g/mol. The maximum absolute atomic E-state index is 9.45. The molecule has 0 radical (unpaired) electrons. The van der Waals surface area contributed by atoms with Gasteiger partial charge in [-0.2, -0.15) is 0 Å². The summed E-state index contributed by atoms with van der Waals surface area (Å²) in [5.41, 5.74) is 1.62. The molecule has 5 nitrogen and oxygen atoms in total. The van der Waals surface area contributed by atoms with Gasteiger partial charge in [-0.3, -0.25) is 9.80 Å². The van der Waals surface area contributed by atoms with Crippen molar-refractivity contribution in [2.24, 2.45) is 5.41 Å². The molecule has 134 valence electrons. The average molecular weight is 334 g/mol. The van der Waals surface area contributed by atoms with E-state index in [4.69, 9.17) is 4.74 Å². The van der Waals surface area contributed by atoms with E-state index < -0.39 is 0 Å². The van der Waals surface area contributed by atoms with Gasteiger partial charge in [0.2, 0.25) is 0 Å². The summed E-state index contributed by atoms with van der Waals surface area (Å²) in [7, 11) is 1.71. The number of hydrogen-bond donors (Lipinski definition) is 2. The highest BCUT2D eigenvalue weighted by Gasteiger charge is 2.42. The molecule has 1 atom stereocenters. The molecule has 2 saturated heterocycles. The number of hydrogen-bond acceptors (Lipinski definition) is 5. The van der Waals surface area contributed by atoms with Crippen LogP contribution in [0.1, 0.15) is 24.8 Å². The van der Waals surface area contributed by atoms with E-state index in [1.54, 1.807) is 7.11 Å². The number of aliphatic hydroxyl groups is 2. The van der Waals surface area contributed by atoms with Crippen LogP contribution in [0.5, 0.6) is 5.75 Å². The molecule has 1 aromatic rings. The van der Waals surface area contributed by atoms with Crippen LogP contribution in [0.4, 0.5) is 0 Å². The molecule has 0 amide bonds. The van der Waals surface area contributed by atoms with Crippen molar-refractivity contribution in [1.29, 1.82) is 0 Å². The van der Waals surface area contributed by atoms with Gasteiger partial charge in [0.05, 0.1) is 26.4 Å². The van der Waals surface area contributed by atoms with Crippen LogP contribution in [0.25, 0.3) is 0 Å². The van der Waals surface area contributed by atoms with Crippen molar-refractivity contribution in [3.8, 4) is 5.75 Å². The van der Waals surface area contributed by atoms with Gasteiger partial charge in [-0.05, 0) is 55.5 Å². The first-order valence-electron chi connectivity index (χ1n) is 8.99. The first kappa shape index (κ1) is 17.7. The summed E-state index contributed by atoms with van der Waals surface area (Å²) in [6.45, 7) is 5.27. The maximum atomic E-state index is 9.45. The Balaban J connectivity index is 1.62. The fourth-order valence-corrected chi connectivity index (χ4v) is 4.38. The Hall–Kier alpha value is -1.14. The average Bonchev–Trinajstić information content (AvgIpc) is 2.99. The van der Waals surface area contributed by atoms with Gasteiger partial charge >= 0.3 is 0 Å². The standard InChI is InChI=1S/C19H30N2O3/c1-24-18-5-2-4-16(10-18)11-20-8-3-6-19(14-20)7-9-21(15-19)17(12-22)13-23/h2,4-5,10,17,22-23H,3,6-9,11-15H2,1H3/t19-/m1/s1. The van der Waals surface area contributed by atoms with E-state index in [-0.39, 0.29) is 19.3 Å². The number of methoxy groups -OCH3 is 1. The molecule has 1 spiro atoms. The van der Waals surface area contributed by atoms with E-state index in [9.17, 15) is 10.2 Å². The van der Waals surface area contributed by atoms with Crippen LogP contribution in [0, 0.1) is 5.41 Å². The number of ether oxygens (including phenoxy) is 1. The molecule has 0 unspecified atom stereocenters. The molecule has 2 aliphatic rings. The molecule has 2 N–H and O–H groups in total. The van der Waals surface area contributed by atoms with E-state index in [0.29, 0.717) is 5.41 Å². The van der Waals surface area contributed by atoms with Crippen LogP contribution in [0.15, 0.2) is 24.3 Å². The van der Waals surface area contributed by atoms with Gasteiger partial charge in [0.1, 0.15) is 5.75 Å². The van der Waals surface area contributed by atoms with E-state index in [2.05, 4.69) is 28.0 Å². The van der Waals surface area contributed by atoms with Crippen LogP contribution in [0.2, 0.25) is 0 Å². The van der Waals surface area contributed by atoms with Gasteiger partial charge in [0.25, 0.3) is 0 Å². The highest BCUT2D eigenvalue weighted by molar-refractivity contribution is 5.28. The highest BCUT2D eigenvalue weighted by Crippen LogP contribution is 2.40. The van der Waals surface area contributed by atoms with E-state index in [1.807, 2.05) is 6.07 Å². The fourth-order valence-electron chi connectivity index (χ4n) is 4.38. The lowest BCUT2D eigenvalue weighted by molar-refractivity contribution is 0.0556. The van der Waals surface area contributed by atoms with Gasteiger partial charge in [-0.15, -0.1) is 0 Å². The maximum Gasteiger partial charge on any atom is 0.119 e. The SMILES string of the molecule is COc1cccc(CN2CCC[C@@]3(CCN(C(CO)CO)C3)C2)c1. The fraction of sp³-hybridized carbons (Fsp3) is 0.684. The smallest absolute Gasteiger partial charge is 0.119 e. The summed E-state index contributed by atoms with van der Waals surface area (Å²) in [6, 6.07) is 8.23. The molecule has 1 aromatic carbocycles. The van der Waals surface area contributed by atoms with Gasteiger partial charge in [0.15, 0.2) is 0 Å². The van der Waals surface area contributed by atoms with E-state index >= 15 is 0 Å². The minimum Gasteiger partial charge on any atom is -0.497 e. The second-order valence-corrected chi connectivity index (χ2v) is 7.41. The molecular formula is C19H30N2O3. The van der Waals surface area contributed by atoms with Gasteiger partial charge < -0.3 is 14.9 Å². The predicted octanol–water partition coefficient (Wildman–Crippen LogP) is 1.34. The number of piperidine rings is 1. The van der Waals surface area contributed by atoms with Crippen molar-refractivity contribution in [2.75, 3.05) is 46.5 Å². The molecule has 0 aliphatic carbocycles.